The lowest BCUT2D eigenvalue weighted by Crippen LogP contribution is -2.57. The molecule has 0 radical (unpaired) electrons. The van der Waals surface area contributed by atoms with Crippen LogP contribution >= 0.6 is 11.3 Å². The van der Waals surface area contributed by atoms with E-state index in [1.165, 1.54) is 29.5 Å². The van der Waals surface area contributed by atoms with Gasteiger partial charge in [0.05, 0.1) is 30.0 Å². The SMILES string of the molecule is CC(N1CCN(c2nc3ccc(NCCN4CCOCC4)cc3s2)CC1)C(O)(Cn1cncn1)c1ccc(F)cc1F. The first-order valence-corrected chi connectivity index (χ1v) is 15.1. The fraction of sp³-hybridized carbons (Fsp3) is 0.483. The number of morpholine rings is 1. The van der Waals surface area contributed by atoms with E-state index in [9.17, 15) is 13.9 Å². The van der Waals surface area contributed by atoms with Gasteiger partial charge in [-0.15, -0.1) is 0 Å². The molecular weight excluding hydrogens is 562 g/mol. The molecule has 2 saturated heterocycles. The van der Waals surface area contributed by atoms with E-state index in [1.807, 2.05) is 6.92 Å². The molecule has 0 bridgehead atoms. The van der Waals surface area contributed by atoms with Gasteiger partial charge in [0, 0.05) is 75.7 Å². The highest BCUT2D eigenvalue weighted by Gasteiger charge is 2.42. The van der Waals surface area contributed by atoms with Crippen molar-refractivity contribution in [3.8, 4) is 0 Å². The van der Waals surface area contributed by atoms with E-state index in [1.54, 1.807) is 11.3 Å². The van der Waals surface area contributed by atoms with Crippen LogP contribution in [0.3, 0.4) is 0 Å². The molecule has 13 heteroatoms. The molecular formula is C29H36F2N8O2S. The second kappa shape index (κ2) is 12.6. The number of aromatic nitrogens is 4. The van der Waals surface area contributed by atoms with E-state index in [4.69, 9.17) is 9.72 Å². The Kier molecular flexibility index (Phi) is 8.63. The maximum atomic E-state index is 15.0. The fourth-order valence-electron chi connectivity index (χ4n) is 5.79. The van der Waals surface area contributed by atoms with Crippen LogP contribution < -0.4 is 10.2 Å². The summed E-state index contributed by atoms with van der Waals surface area (Å²) in [5.41, 5.74) is 0.437. The number of fused-ring (bicyclic) bond motifs is 1. The lowest BCUT2D eigenvalue weighted by molar-refractivity contribution is -0.0650. The average Bonchev–Trinajstić information content (AvgIpc) is 3.67. The van der Waals surface area contributed by atoms with Crippen molar-refractivity contribution in [2.45, 2.75) is 25.1 Å². The first-order chi connectivity index (χ1) is 20.4. The van der Waals surface area contributed by atoms with Gasteiger partial charge in [-0.1, -0.05) is 17.4 Å². The van der Waals surface area contributed by atoms with Crippen LogP contribution in [0.2, 0.25) is 0 Å². The molecule has 2 N–H and O–H groups in total. The van der Waals surface area contributed by atoms with Crippen LogP contribution in [0.25, 0.3) is 10.2 Å². The molecule has 42 heavy (non-hydrogen) atoms. The van der Waals surface area contributed by atoms with Crippen LogP contribution in [0.4, 0.5) is 19.6 Å². The van der Waals surface area contributed by atoms with Crippen LogP contribution in [0, 0.1) is 11.6 Å². The first kappa shape index (κ1) is 28.9. The normalized spacial score (nSPS) is 19.2. The molecule has 10 nitrogen and oxygen atoms in total. The molecule has 2 aromatic carbocycles. The molecule has 2 aliphatic heterocycles. The molecule has 4 aromatic rings. The van der Waals surface area contributed by atoms with E-state index in [-0.39, 0.29) is 12.1 Å². The molecule has 2 atom stereocenters. The minimum Gasteiger partial charge on any atom is -0.384 e. The number of thiazole rings is 1. The standard InChI is InChI=1S/C29H36F2N8O2S/c1-21(29(40,18-39-20-32-19-34-39)24-4-2-22(30)16-25(24)31)37-8-10-38(11-9-37)28-35-26-5-3-23(17-27(26)42-28)33-6-7-36-12-14-41-15-13-36/h2-5,16-17,19-21,33,40H,6-15,18H2,1H3. The van der Waals surface area contributed by atoms with E-state index in [2.05, 4.69) is 48.3 Å². The molecule has 6 rings (SSSR count). The van der Waals surface area contributed by atoms with Crippen molar-refractivity contribution in [2.75, 3.05) is 75.8 Å². The van der Waals surface area contributed by atoms with Crippen LogP contribution in [0.15, 0.2) is 49.1 Å². The Morgan fingerprint density at radius 2 is 1.88 bits per heavy atom. The molecule has 4 heterocycles. The Morgan fingerprint density at radius 1 is 1.07 bits per heavy atom. The highest BCUT2D eigenvalue weighted by molar-refractivity contribution is 7.22. The number of hydrogen-bond acceptors (Lipinski definition) is 10. The summed E-state index contributed by atoms with van der Waals surface area (Å²) in [6, 6.07) is 9.13. The van der Waals surface area contributed by atoms with Gasteiger partial charge in [0.25, 0.3) is 0 Å². The van der Waals surface area contributed by atoms with Crippen molar-refractivity contribution in [2.24, 2.45) is 0 Å². The number of ether oxygens (including phenoxy) is 1. The van der Waals surface area contributed by atoms with Gasteiger partial charge in [0.15, 0.2) is 5.13 Å². The summed E-state index contributed by atoms with van der Waals surface area (Å²) in [5.74, 6) is -1.47. The van der Waals surface area contributed by atoms with E-state index in [0.29, 0.717) is 26.2 Å². The zero-order valence-corrected chi connectivity index (χ0v) is 24.4. The van der Waals surface area contributed by atoms with Gasteiger partial charge >= 0.3 is 0 Å². The Hall–Kier alpha value is -3.23. The van der Waals surface area contributed by atoms with Crippen molar-refractivity contribution in [3.05, 3.63) is 66.3 Å². The highest BCUT2D eigenvalue weighted by atomic mass is 32.1. The quantitative estimate of drug-likeness (QED) is 0.286. The Balaban J connectivity index is 1.11. The van der Waals surface area contributed by atoms with E-state index < -0.39 is 23.3 Å². The van der Waals surface area contributed by atoms with Crippen LogP contribution in [0.1, 0.15) is 12.5 Å². The summed E-state index contributed by atoms with van der Waals surface area (Å²) in [5, 5.41) is 20.6. The number of piperazine rings is 1. The number of nitrogens with zero attached hydrogens (tertiary/aromatic N) is 7. The summed E-state index contributed by atoms with van der Waals surface area (Å²) >= 11 is 1.67. The largest absolute Gasteiger partial charge is 0.384 e. The minimum absolute atomic E-state index is 0.0163. The third kappa shape index (κ3) is 6.25. The van der Waals surface area contributed by atoms with Gasteiger partial charge < -0.3 is 20.1 Å². The maximum Gasteiger partial charge on any atom is 0.186 e. The number of anilines is 2. The molecule has 0 saturated carbocycles. The molecule has 0 aliphatic carbocycles. The van der Waals surface area contributed by atoms with Gasteiger partial charge in [-0.05, 0) is 31.2 Å². The van der Waals surface area contributed by atoms with Gasteiger partial charge in [-0.3, -0.25) is 9.80 Å². The number of rotatable bonds is 10. The number of nitrogens with one attached hydrogen (secondary N) is 1. The molecule has 0 amide bonds. The minimum atomic E-state index is -1.66. The number of benzene rings is 2. The number of aliphatic hydroxyl groups is 1. The fourth-order valence-corrected chi connectivity index (χ4v) is 6.84. The molecule has 0 spiro atoms. The lowest BCUT2D eigenvalue weighted by atomic mass is 9.85. The van der Waals surface area contributed by atoms with Crippen LogP contribution in [-0.4, -0.2) is 106 Å². The smallest absolute Gasteiger partial charge is 0.186 e. The number of halogens is 2. The van der Waals surface area contributed by atoms with Gasteiger partial charge in [-0.25, -0.2) is 23.4 Å². The summed E-state index contributed by atoms with van der Waals surface area (Å²) in [6.07, 6.45) is 2.85. The summed E-state index contributed by atoms with van der Waals surface area (Å²) in [4.78, 5) is 15.7. The summed E-state index contributed by atoms with van der Waals surface area (Å²) in [7, 11) is 0. The zero-order chi connectivity index (χ0) is 29.1. The average molecular weight is 599 g/mol. The van der Waals surface area contributed by atoms with E-state index >= 15 is 0 Å². The van der Waals surface area contributed by atoms with Crippen molar-refractivity contribution in [1.82, 2.24) is 29.5 Å². The molecule has 2 unspecified atom stereocenters. The summed E-state index contributed by atoms with van der Waals surface area (Å²) in [6.45, 7) is 10.0. The van der Waals surface area contributed by atoms with Gasteiger partial charge in [0.1, 0.15) is 29.9 Å². The molecule has 2 aromatic heterocycles. The lowest BCUT2D eigenvalue weighted by Gasteiger charge is -2.44. The second-order valence-electron chi connectivity index (χ2n) is 10.9. The first-order valence-electron chi connectivity index (χ1n) is 14.3. The van der Waals surface area contributed by atoms with E-state index in [0.717, 1.165) is 66.5 Å². The molecule has 224 valence electrons. The maximum absolute atomic E-state index is 15.0. The van der Waals surface area contributed by atoms with Crippen LogP contribution in [-0.2, 0) is 16.9 Å². The van der Waals surface area contributed by atoms with Gasteiger partial charge in [0.2, 0.25) is 0 Å². The Morgan fingerprint density at radius 3 is 2.62 bits per heavy atom. The Labute approximate surface area is 247 Å². The van der Waals surface area contributed by atoms with Crippen LogP contribution in [0.5, 0.6) is 0 Å². The predicted octanol–water partition coefficient (Wildman–Crippen LogP) is 3.01. The third-order valence-electron chi connectivity index (χ3n) is 8.33. The highest BCUT2D eigenvalue weighted by Crippen LogP contribution is 2.35. The third-order valence-corrected chi connectivity index (χ3v) is 9.41. The number of hydrogen-bond donors (Lipinski definition) is 2. The topological polar surface area (TPSA) is 94.8 Å². The second-order valence-corrected chi connectivity index (χ2v) is 11.9. The molecule has 2 aliphatic rings. The monoisotopic (exact) mass is 598 g/mol. The Bertz CT molecular complexity index is 1470. The van der Waals surface area contributed by atoms with Crippen molar-refractivity contribution >= 4 is 32.4 Å². The summed E-state index contributed by atoms with van der Waals surface area (Å²) < 4.78 is 36.7. The van der Waals surface area contributed by atoms with Gasteiger partial charge in [-0.2, -0.15) is 5.10 Å². The van der Waals surface area contributed by atoms with Crippen molar-refractivity contribution in [1.29, 1.82) is 0 Å². The molecule has 2 fully saturated rings. The van der Waals surface area contributed by atoms with Crippen molar-refractivity contribution < 1.29 is 18.6 Å². The van der Waals surface area contributed by atoms with Crippen molar-refractivity contribution in [3.63, 3.8) is 0 Å². The zero-order valence-electron chi connectivity index (χ0n) is 23.6. The predicted molar refractivity (Wildman–Crippen MR) is 159 cm³/mol.